The molecule has 0 aliphatic carbocycles. The van der Waals surface area contributed by atoms with Crippen molar-refractivity contribution >= 4 is 28.9 Å². The molecule has 0 bridgehead atoms. The lowest BCUT2D eigenvalue weighted by molar-refractivity contribution is 1.14. The number of nitrogens with one attached hydrogen (secondary N) is 1. The third-order valence-electron chi connectivity index (χ3n) is 2.89. The number of benzene rings is 2. The molecule has 0 aliphatic heterocycles. The van der Waals surface area contributed by atoms with Crippen LogP contribution in [0.5, 0.6) is 0 Å². The first-order valence-electron chi connectivity index (χ1n) is 5.82. The lowest BCUT2D eigenvalue weighted by Crippen LogP contribution is -2.02. The molecule has 94 valence electrons. The molecule has 0 aromatic heterocycles. The quantitative estimate of drug-likeness (QED) is 0.812. The lowest BCUT2D eigenvalue weighted by Gasteiger charge is -2.12. The van der Waals surface area contributed by atoms with Crippen LogP contribution in [0.15, 0.2) is 36.4 Å². The van der Waals surface area contributed by atoms with E-state index in [1.54, 1.807) is 0 Å². The molecule has 18 heavy (non-hydrogen) atoms. The highest BCUT2D eigenvalue weighted by atomic mass is 35.5. The molecule has 2 aromatic carbocycles. The molecule has 0 atom stereocenters. The Morgan fingerprint density at radius 2 is 1.78 bits per heavy atom. The Morgan fingerprint density at radius 1 is 1.00 bits per heavy atom. The molecule has 2 aromatic rings. The highest BCUT2D eigenvalue weighted by Gasteiger charge is 2.05. The van der Waals surface area contributed by atoms with Crippen LogP contribution < -0.4 is 5.32 Å². The molecule has 0 radical (unpaired) electrons. The standard InChI is InChI=1S/C15H15Cl2N/c1-10-6-7-12(14(17)8-10)9-18-15-11(2)4-3-5-13(15)16/h3-8,18H,9H2,1-2H3. The minimum Gasteiger partial charge on any atom is -0.379 e. The molecule has 0 heterocycles. The average molecular weight is 280 g/mol. The number of rotatable bonds is 3. The first-order chi connectivity index (χ1) is 8.58. The van der Waals surface area contributed by atoms with Crippen molar-refractivity contribution in [1.29, 1.82) is 0 Å². The van der Waals surface area contributed by atoms with Gasteiger partial charge in [0.1, 0.15) is 0 Å². The molecule has 0 saturated carbocycles. The summed E-state index contributed by atoms with van der Waals surface area (Å²) < 4.78 is 0. The van der Waals surface area contributed by atoms with E-state index in [-0.39, 0.29) is 0 Å². The molecule has 0 spiro atoms. The number of aryl methyl sites for hydroxylation is 2. The number of anilines is 1. The van der Waals surface area contributed by atoms with Crippen LogP contribution in [0.3, 0.4) is 0 Å². The second-order valence-corrected chi connectivity index (χ2v) is 5.19. The predicted octanol–water partition coefficient (Wildman–Crippen LogP) is 5.22. The maximum atomic E-state index is 6.20. The van der Waals surface area contributed by atoms with E-state index >= 15 is 0 Å². The van der Waals surface area contributed by atoms with E-state index in [0.717, 1.165) is 32.4 Å². The van der Waals surface area contributed by atoms with E-state index in [0.29, 0.717) is 6.54 Å². The van der Waals surface area contributed by atoms with Gasteiger partial charge in [0, 0.05) is 11.6 Å². The zero-order valence-electron chi connectivity index (χ0n) is 10.4. The van der Waals surface area contributed by atoms with Gasteiger partial charge in [-0.3, -0.25) is 0 Å². The molecule has 1 nitrogen and oxygen atoms in total. The van der Waals surface area contributed by atoms with E-state index < -0.39 is 0 Å². The van der Waals surface area contributed by atoms with Crippen LogP contribution in [0.4, 0.5) is 5.69 Å². The zero-order valence-corrected chi connectivity index (χ0v) is 11.9. The van der Waals surface area contributed by atoms with Gasteiger partial charge in [0.25, 0.3) is 0 Å². The maximum Gasteiger partial charge on any atom is 0.0640 e. The van der Waals surface area contributed by atoms with Crippen molar-refractivity contribution in [3.63, 3.8) is 0 Å². The predicted molar refractivity (Wildman–Crippen MR) is 79.7 cm³/mol. The molecule has 3 heteroatoms. The highest BCUT2D eigenvalue weighted by molar-refractivity contribution is 6.33. The molecule has 0 amide bonds. The van der Waals surface area contributed by atoms with E-state index in [4.69, 9.17) is 23.2 Å². The Morgan fingerprint density at radius 3 is 2.44 bits per heavy atom. The number of hydrogen-bond donors (Lipinski definition) is 1. The van der Waals surface area contributed by atoms with Crippen molar-refractivity contribution in [2.24, 2.45) is 0 Å². The van der Waals surface area contributed by atoms with Gasteiger partial charge in [0.15, 0.2) is 0 Å². The summed E-state index contributed by atoms with van der Waals surface area (Å²) in [5.74, 6) is 0. The first-order valence-corrected chi connectivity index (χ1v) is 6.57. The molecule has 0 aliphatic rings. The third-order valence-corrected chi connectivity index (χ3v) is 3.55. The van der Waals surface area contributed by atoms with Gasteiger partial charge in [-0.25, -0.2) is 0 Å². The number of para-hydroxylation sites is 1. The smallest absolute Gasteiger partial charge is 0.0640 e. The summed E-state index contributed by atoms with van der Waals surface area (Å²) in [6, 6.07) is 11.9. The lowest BCUT2D eigenvalue weighted by atomic mass is 10.1. The minimum absolute atomic E-state index is 0.670. The van der Waals surface area contributed by atoms with E-state index in [1.165, 1.54) is 0 Å². The van der Waals surface area contributed by atoms with Crippen molar-refractivity contribution in [1.82, 2.24) is 0 Å². The molecule has 1 N–H and O–H groups in total. The second-order valence-electron chi connectivity index (χ2n) is 4.38. The van der Waals surface area contributed by atoms with Crippen LogP contribution in [0.25, 0.3) is 0 Å². The molecule has 2 rings (SSSR count). The summed E-state index contributed by atoms with van der Waals surface area (Å²) in [6.45, 7) is 4.73. The van der Waals surface area contributed by atoms with Gasteiger partial charge in [-0.2, -0.15) is 0 Å². The Kier molecular flexibility index (Phi) is 4.15. The topological polar surface area (TPSA) is 12.0 Å². The highest BCUT2D eigenvalue weighted by Crippen LogP contribution is 2.26. The van der Waals surface area contributed by atoms with Crippen LogP contribution in [0.1, 0.15) is 16.7 Å². The van der Waals surface area contributed by atoms with Crippen LogP contribution in [-0.2, 0) is 6.54 Å². The summed E-state index contributed by atoms with van der Waals surface area (Å²) in [6.07, 6.45) is 0. The van der Waals surface area contributed by atoms with Crippen molar-refractivity contribution in [3.8, 4) is 0 Å². The Balaban J connectivity index is 2.16. The Bertz CT molecular complexity index is 544. The van der Waals surface area contributed by atoms with Gasteiger partial charge in [-0.15, -0.1) is 0 Å². The van der Waals surface area contributed by atoms with Gasteiger partial charge in [-0.05, 0) is 42.7 Å². The fourth-order valence-corrected chi connectivity index (χ4v) is 2.43. The summed E-state index contributed by atoms with van der Waals surface area (Å²) in [7, 11) is 0. The summed E-state index contributed by atoms with van der Waals surface area (Å²) in [5, 5.41) is 4.86. The van der Waals surface area contributed by atoms with Gasteiger partial charge in [0.05, 0.1) is 10.7 Å². The van der Waals surface area contributed by atoms with E-state index in [1.807, 2.05) is 44.2 Å². The Labute approximate surface area is 118 Å². The summed E-state index contributed by atoms with van der Waals surface area (Å²) in [4.78, 5) is 0. The van der Waals surface area contributed by atoms with Gasteiger partial charge in [-0.1, -0.05) is 47.5 Å². The molecule has 0 fully saturated rings. The normalized spacial score (nSPS) is 10.4. The van der Waals surface area contributed by atoms with Gasteiger partial charge >= 0.3 is 0 Å². The van der Waals surface area contributed by atoms with E-state index in [2.05, 4.69) is 11.4 Å². The van der Waals surface area contributed by atoms with Gasteiger partial charge < -0.3 is 5.32 Å². The molecule has 0 unspecified atom stereocenters. The maximum absolute atomic E-state index is 6.20. The summed E-state index contributed by atoms with van der Waals surface area (Å²) in [5.41, 5.74) is 4.33. The average Bonchev–Trinajstić information content (AvgIpc) is 2.31. The molecular formula is C15H15Cl2N. The second kappa shape index (κ2) is 5.64. The number of halogens is 2. The van der Waals surface area contributed by atoms with Crippen molar-refractivity contribution < 1.29 is 0 Å². The fourth-order valence-electron chi connectivity index (χ4n) is 1.84. The SMILES string of the molecule is Cc1ccc(CNc2c(C)cccc2Cl)c(Cl)c1. The summed E-state index contributed by atoms with van der Waals surface area (Å²) >= 11 is 12.4. The zero-order chi connectivity index (χ0) is 13.1. The van der Waals surface area contributed by atoms with Crippen LogP contribution in [0.2, 0.25) is 10.0 Å². The third kappa shape index (κ3) is 2.98. The molecule has 0 saturated heterocycles. The van der Waals surface area contributed by atoms with Crippen molar-refractivity contribution in [3.05, 3.63) is 63.1 Å². The van der Waals surface area contributed by atoms with Crippen LogP contribution >= 0.6 is 23.2 Å². The molecular weight excluding hydrogens is 265 g/mol. The number of hydrogen-bond acceptors (Lipinski definition) is 1. The van der Waals surface area contributed by atoms with Gasteiger partial charge in [0.2, 0.25) is 0 Å². The van der Waals surface area contributed by atoms with Crippen LogP contribution in [-0.4, -0.2) is 0 Å². The fraction of sp³-hybridized carbons (Fsp3) is 0.200. The van der Waals surface area contributed by atoms with Crippen LogP contribution in [0, 0.1) is 13.8 Å². The Hall–Kier alpha value is -1.18. The minimum atomic E-state index is 0.670. The first kappa shape index (κ1) is 13.3. The van der Waals surface area contributed by atoms with Crippen molar-refractivity contribution in [2.45, 2.75) is 20.4 Å². The van der Waals surface area contributed by atoms with Crippen molar-refractivity contribution in [2.75, 3.05) is 5.32 Å². The van der Waals surface area contributed by atoms with E-state index in [9.17, 15) is 0 Å². The largest absolute Gasteiger partial charge is 0.379 e. The monoisotopic (exact) mass is 279 g/mol.